The Bertz CT molecular complexity index is 1470. The molecule has 164 valence electrons. The first-order valence-electron chi connectivity index (χ1n) is 10.1. The van der Waals surface area contributed by atoms with Gasteiger partial charge < -0.3 is 11.1 Å². The molecule has 0 bridgehead atoms. The molecule has 0 saturated carbocycles. The van der Waals surface area contributed by atoms with Gasteiger partial charge in [0.15, 0.2) is 11.6 Å². The molecule has 5 aromatic rings. The number of aromatic nitrogens is 4. The number of nitrogens with two attached hydrogens (primary N) is 1. The number of aryl methyl sites for hydroxylation is 1. The summed E-state index contributed by atoms with van der Waals surface area (Å²) in [7, 11) is 0. The molecule has 0 fully saturated rings. The fourth-order valence-electron chi connectivity index (χ4n) is 3.49. The van der Waals surface area contributed by atoms with Crippen LogP contribution >= 0.6 is 22.9 Å². The molecule has 3 heterocycles. The van der Waals surface area contributed by atoms with Crippen LogP contribution in [-0.2, 0) is 6.54 Å². The summed E-state index contributed by atoms with van der Waals surface area (Å²) in [4.78, 5) is 19.1. The standard InChI is InChI=1S/C24H18ClFN6S/c1-13-29-12-19(33-13)22-21(16-9-15-3-2-8-28-20(15)18(25)10-16)32-24(23(27)31-22)30-11-14-4-6-17(26)7-5-14/h2-10,12H,11H2,1H3,(H2,27,31)(H,30,32). The molecule has 0 atom stereocenters. The summed E-state index contributed by atoms with van der Waals surface area (Å²) in [6, 6.07) is 13.9. The van der Waals surface area contributed by atoms with Crippen LogP contribution in [0.2, 0.25) is 5.02 Å². The van der Waals surface area contributed by atoms with Crippen molar-refractivity contribution in [2.45, 2.75) is 13.5 Å². The Balaban J connectivity index is 1.62. The van der Waals surface area contributed by atoms with Crippen LogP contribution < -0.4 is 11.1 Å². The Hall–Kier alpha value is -3.62. The summed E-state index contributed by atoms with van der Waals surface area (Å²) in [5, 5.41) is 5.55. The molecule has 2 aromatic carbocycles. The molecule has 6 nitrogen and oxygen atoms in total. The zero-order valence-corrected chi connectivity index (χ0v) is 19.1. The van der Waals surface area contributed by atoms with Crippen LogP contribution in [0, 0.1) is 12.7 Å². The van der Waals surface area contributed by atoms with Crippen molar-refractivity contribution in [1.82, 2.24) is 19.9 Å². The molecule has 0 unspecified atom stereocenters. The van der Waals surface area contributed by atoms with E-state index in [0.29, 0.717) is 28.8 Å². The Morgan fingerprint density at radius 2 is 1.88 bits per heavy atom. The average Bonchev–Trinajstić information content (AvgIpc) is 3.25. The maximum Gasteiger partial charge on any atom is 0.169 e. The molecule has 3 N–H and O–H groups in total. The van der Waals surface area contributed by atoms with Crippen LogP contribution in [0.15, 0.2) is 60.9 Å². The van der Waals surface area contributed by atoms with Crippen molar-refractivity contribution in [2.24, 2.45) is 0 Å². The van der Waals surface area contributed by atoms with E-state index in [1.54, 1.807) is 24.5 Å². The third kappa shape index (κ3) is 4.35. The van der Waals surface area contributed by atoms with Crippen molar-refractivity contribution < 1.29 is 4.39 Å². The number of nitrogens with zero attached hydrogens (tertiary/aromatic N) is 4. The van der Waals surface area contributed by atoms with Crippen LogP contribution in [0.25, 0.3) is 32.7 Å². The van der Waals surface area contributed by atoms with Crippen molar-refractivity contribution in [3.8, 4) is 21.8 Å². The van der Waals surface area contributed by atoms with Gasteiger partial charge in [-0.15, -0.1) is 11.3 Å². The Labute approximate surface area is 198 Å². The predicted molar refractivity (Wildman–Crippen MR) is 132 cm³/mol. The summed E-state index contributed by atoms with van der Waals surface area (Å²) in [5.41, 5.74) is 9.93. The van der Waals surface area contributed by atoms with E-state index in [2.05, 4.69) is 20.3 Å². The number of fused-ring (bicyclic) bond motifs is 1. The fraction of sp³-hybridized carbons (Fsp3) is 0.0833. The molecule has 33 heavy (non-hydrogen) atoms. The number of anilines is 2. The van der Waals surface area contributed by atoms with E-state index >= 15 is 0 Å². The van der Waals surface area contributed by atoms with E-state index in [9.17, 15) is 4.39 Å². The number of rotatable bonds is 5. The molecule has 3 aromatic heterocycles. The van der Waals surface area contributed by atoms with Crippen LogP contribution in [0.5, 0.6) is 0 Å². The molecule has 0 radical (unpaired) electrons. The number of hydrogen-bond acceptors (Lipinski definition) is 7. The van der Waals surface area contributed by atoms with Crippen LogP contribution in [-0.4, -0.2) is 19.9 Å². The van der Waals surface area contributed by atoms with Crippen molar-refractivity contribution in [2.75, 3.05) is 11.1 Å². The molecule has 0 amide bonds. The maximum absolute atomic E-state index is 13.2. The summed E-state index contributed by atoms with van der Waals surface area (Å²) < 4.78 is 13.2. The minimum absolute atomic E-state index is 0.260. The van der Waals surface area contributed by atoms with Gasteiger partial charge in [-0.2, -0.15) is 0 Å². The Kier molecular flexibility index (Phi) is 5.62. The summed E-state index contributed by atoms with van der Waals surface area (Å²) in [5.74, 6) is 0.407. The lowest BCUT2D eigenvalue weighted by Gasteiger charge is -2.14. The highest BCUT2D eigenvalue weighted by Gasteiger charge is 2.19. The average molecular weight is 477 g/mol. The van der Waals surface area contributed by atoms with E-state index in [0.717, 1.165) is 31.9 Å². The van der Waals surface area contributed by atoms with Crippen molar-refractivity contribution >= 4 is 45.5 Å². The lowest BCUT2D eigenvalue weighted by molar-refractivity contribution is 0.627. The second kappa shape index (κ2) is 8.73. The zero-order chi connectivity index (χ0) is 22.9. The van der Waals surface area contributed by atoms with Crippen molar-refractivity contribution in [1.29, 1.82) is 0 Å². The highest BCUT2D eigenvalue weighted by Crippen LogP contribution is 2.37. The van der Waals surface area contributed by atoms with Gasteiger partial charge in [0.2, 0.25) is 0 Å². The smallest absolute Gasteiger partial charge is 0.169 e. The van der Waals surface area contributed by atoms with E-state index in [4.69, 9.17) is 22.3 Å². The number of nitrogens with one attached hydrogen (secondary N) is 1. The van der Waals surface area contributed by atoms with E-state index < -0.39 is 0 Å². The first kappa shape index (κ1) is 21.2. The van der Waals surface area contributed by atoms with Crippen molar-refractivity contribution in [3.63, 3.8) is 0 Å². The summed E-state index contributed by atoms with van der Waals surface area (Å²) in [6.45, 7) is 2.35. The quantitative estimate of drug-likeness (QED) is 0.318. The highest BCUT2D eigenvalue weighted by molar-refractivity contribution is 7.15. The normalized spacial score (nSPS) is 11.1. The number of hydrogen-bond donors (Lipinski definition) is 2. The van der Waals surface area contributed by atoms with Gasteiger partial charge in [-0.05, 0) is 42.8 Å². The Morgan fingerprint density at radius 1 is 1.06 bits per heavy atom. The molecule has 9 heteroatoms. The molecule has 0 saturated heterocycles. The first-order valence-corrected chi connectivity index (χ1v) is 11.3. The monoisotopic (exact) mass is 476 g/mol. The van der Waals surface area contributed by atoms with Crippen LogP contribution in [0.4, 0.5) is 16.0 Å². The number of benzene rings is 2. The first-order chi connectivity index (χ1) is 16.0. The van der Waals surface area contributed by atoms with Crippen LogP contribution in [0.3, 0.4) is 0 Å². The SMILES string of the molecule is Cc1ncc(-c2nc(N)c(NCc3ccc(F)cc3)nc2-c2cc(Cl)c3ncccc3c2)s1. The largest absolute Gasteiger partial charge is 0.381 e. The van der Waals surface area contributed by atoms with Crippen LogP contribution in [0.1, 0.15) is 10.6 Å². The van der Waals surface area contributed by atoms with Gasteiger partial charge in [0.1, 0.15) is 17.2 Å². The molecule has 0 aliphatic rings. The molecule has 0 spiro atoms. The van der Waals surface area contributed by atoms with Gasteiger partial charge in [-0.3, -0.25) is 4.98 Å². The van der Waals surface area contributed by atoms with Gasteiger partial charge in [0.25, 0.3) is 0 Å². The summed E-state index contributed by atoms with van der Waals surface area (Å²) >= 11 is 8.06. The van der Waals surface area contributed by atoms with Gasteiger partial charge in [0.05, 0.1) is 20.4 Å². The van der Waals surface area contributed by atoms with E-state index in [1.165, 1.54) is 23.5 Å². The highest BCUT2D eigenvalue weighted by atomic mass is 35.5. The lowest BCUT2D eigenvalue weighted by atomic mass is 10.1. The van der Waals surface area contributed by atoms with Crippen molar-refractivity contribution in [3.05, 3.63) is 82.3 Å². The number of halogens is 2. The molecule has 0 aliphatic carbocycles. The minimum Gasteiger partial charge on any atom is -0.381 e. The number of nitrogen functional groups attached to an aromatic ring is 1. The number of pyridine rings is 1. The van der Waals surface area contributed by atoms with E-state index in [1.807, 2.05) is 31.2 Å². The second-order valence-corrected chi connectivity index (χ2v) is 9.05. The Morgan fingerprint density at radius 3 is 2.64 bits per heavy atom. The van der Waals surface area contributed by atoms with Gasteiger partial charge in [-0.25, -0.2) is 19.3 Å². The van der Waals surface area contributed by atoms with Gasteiger partial charge >= 0.3 is 0 Å². The minimum atomic E-state index is -0.285. The fourth-order valence-corrected chi connectivity index (χ4v) is 4.54. The lowest BCUT2D eigenvalue weighted by Crippen LogP contribution is -2.08. The third-order valence-corrected chi connectivity index (χ3v) is 6.29. The molecule has 0 aliphatic heterocycles. The topological polar surface area (TPSA) is 89.6 Å². The molecule has 5 rings (SSSR count). The predicted octanol–water partition coefficient (Wildman–Crippen LogP) is 6.11. The van der Waals surface area contributed by atoms with E-state index in [-0.39, 0.29) is 11.6 Å². The molecular formula is C24H18ClFN6S. The second-order valence-electron chi connectivity index (χ2n) is 7.41. The molecular weight excluding hydrogens is 459 g/mol. The van der Waals surface area contributed by atoms with Gasteiger partial charge in [-0.1, -0.05) is 29.8 Å². The van der Waals surface area contributed by atoms with Gasteiger partial charge in [0, 0.05) is 29.9 Å². The maximum atomic E-state index is 13.2. The zero-order valence-electron chi connectivity index (χ0n) is 17.5. The third-order valence-electron chi connectivity index (χ3n) is 5.08. The summed E-state index contributed by atoms with van der Waals surface area (Å²) in [6.07, 6.45) is 3.47. The number of thiazole rings is 1.